The number of hydrogen-bond acceptors (Lipinski definition) is 2. The zero-order valence-corrected chi connectivity index (χ0v) is 12.5. The Labute approximate surface area is 122 Å². The van der Waals surface area contributed by atoms with Crippen LogP contribution in [0.1, 0.15) is 52.9 Å². The summed E-state index contributed by atoms with van der Waals surface area (Å²) < 4.78 is 0. The molecule has 1 aliphatic carbocycles. The summed E-state index contributed by atoms with van der Waals surface area (Å²) in [4.78, 5) is 0.867. The van der Waals surface area contributed by atoms with Crippen molar-refractivity contribution in [3.05, 3.63) is 56.2 Å². The normalized spacial score (nSPS) is 17.2. The second-order valence-corrected chi connectivity index (χ2v) is 6.55. The zero-order valence-electron chi connectivity index (χ0n) is 10.9. The van der Waals surface area contributed by atoms with E-state index >= 15 is 0 Å². The number of aliphatic hydroxyl groups is 1. The third-order valence-electron chi connectivity index (χ3n) is 4.01. The molecule has 0 bridgehead atoms. The van der Waals surface area contributed by atoms with Gasteiger partial charge in [-0.25, -0.2) is 0 Å². The van der Waals surface area contributed by atoms with Crippen molar-refractivity contribution in [2.24, 2.45) is 0 Å². The molecule has 1 aliphatic rings. The molecule has 1 fully saturated rings. The van der Waals surface area contributed by atoms with E-state index in [2.05, 4.69) is 12.1 Å². The minimum atomic E-state index is -0.594. The van der Waals surface area contributed by atoms with Crippen molar-refractivity contribution in [3.8, 4) is 0 Å². The van der Waals surface area contributed by atoms with Crippen LogP contribution < -0.4 is 0 Å². The molecule has 100 valence electrons. The first-order valence-corrected chi connectivity index (χ1v) is 7.94. The summed E-state index contributed by atoms with van der Waals surface area (Å²) in [6, 6.07) is 8.24. The van der Waals surface area contributed by atoms with Crippen molar-refractivity contribution in [3.63, 3.8) is 0 Å². The summed E-state index contributed by atoms with van der Waals surface area (Å²) in [5, 5.41) is 13.4. The van der Waals surface area contributed by atoms with E-state index in [0.717, 1.165) is 16.0 Å². The van der Waals surface area contributed by atoms with Crippen LogP contribution in [-0.2, 0) is 0 Å². The molecular weight excluding hydrogens is 276 g/mol. The van der Waals surface area contributed by atoms with E-state index in [1.807, 2.05) is 24.4 Å². The van der Waals surface area contributed by atoms with Crippen LogP contribution in [0.3, 0.4) is 0 Å². The fraction of sp³-hybridized carbons (Fsp3) is 0.375. The molecule has 1 N–H and O–H groups in total. The van der Waals surface area contributed by atoms with Gasteiger partial charge >= 0.3 is 0 Å². The number of benzene rings is 1. The van der Waals surface area contributed by atoms with Gasteiger partial charge in [0.25, 0.3) is 0 Å². The molecule has 0 amide bonds. The lowest BCUT2D eigenvalue weighted by Crippen LogP contribution is -2.13. The molecule has 3 rings (SSSR count). The molecule has 2 aromatic rings. The first kappa shape index (κ1) is 13.2. The van der Waals surface area contributed by atoms with Gasteiger partial charge in [-0.15, -0.1) is 11.3 Å². The Kier molecular flexibility index (Phi) is 3.66. The molecule has 1 atom stereocenters. The molecular formula is C16H17ClOS. The van der Waals surface area contributed by atoms with Crippen molar-refractivity contribution >= 4 is 22.9 Å². The van der Waals surface area contributed by atoms with Gasteiger partial charge in [0.2, 0.25) is 0 Å². The fourth-order valence-electron chi connectivity index (χ4n) is 2.63. The Morgan fingerprint density at radius 2 is 2.05 bits per heavy atom. The lowest BCUT2D eigenvalue weighted by Gasteiger charge is -2.29. The molecule has 1 unspecified atom stereocenters. The van der Waals surface area contributed by atoms with Gasteiger partial charge in [0.05, 0.1) is 9.90 Å². The number of aliphatic hydroxyl groups excluding tert-OH is 1. The van der Waals surface area contributed by atoms with Gasteiger partial charge < -0.3 is 5.11 Å². The molecule has 19 heavy (non-hydrogen) atoms. The van der Waals surface area contributed by atoms with Gasteiger partial charge in [0, 0.05) is 0 Å². The van der Waals surface area contributed by atoms with Crippen LogP contribution in [0.25, 0.3) is 0 Å². The van der Waals surface area contributed by atoms with E-state index in [1.165, 1.54) is 24.8 Å². The molecule has 0 aliphatic heterocycles. The Balaban J connectivity index is 1.99. The molecule has 1 heterocycles. The van der Waals surface area contributed by atoms with E-state index in [0.29, 0.717) is 10.9 Å². The molecule has 1 saturated carbocycles. The molecule has 1 aromatic carbocycles. The standard InChI is InChI=1S/C16H17ClOS/c1-10-9-19-16(14(10)17)15(18)13-8-3-2-7-12(13)11-5-4-6-11/h2-3,7-9,11,15,18H,4-6H2,1H3. The van der Waals surface area contributed by atoms with Crippen LogP contribution in [0, 0.1) is 6.92 Å². The van der Waals surface area contributed by atoms with Crippen molar-refractivity contribution in [2.75, 3.05) is 0 Å². The Hall–Kier alpha value is -0.830. The molecule has 0 saturated heterocycles. The summed E-state index contributed by atoms with van der Waals surface area (Å²) >= 11 is 7.83. The van der Waals surface area contributed by atoms with Gasteiger partial charge in [-0.05, 0) is 47.8 Å². The van der Waals surface area contributed by atoms with Gasteiger partial charge in [0.1, 0.15) is 6.10 Å². The maximum absolute atomic E-state index is 10.7. The van der Waals surface area contributed by atoms with Crippen LogP contribution in [0.15, 0.2) is 29.6 Å². The van der Waals surface area contributed by atoms with Crippen LogP contribution in [-0.4, -0.2) is 5.11 Å². The van der Waals surface area contributed by atoms with Gasteiger partial charge in [-0.2, -0.15) is 0 Å². The largest absolute Gasteiger partial charge is 0.383 e. The predicted molar refractivity (Wildman–Crippen MR) is 81.2 cm³/mol. The average molecular weight is 293 g/mol. The number of thiophene rings is 1. The van der Waals surface area contributed by atoms with Crippen molar-refractivity contribution in [2.45, 2.75) is 38.2 Å². The van der Waals surface area contributed by atoms with E-state index in [-0.39, 0.29) is 0 Å². The monoisotopic (exact) mass is 292 g/mol. The summed E-state index contributed by atoms with van der Waals surface area (Å²) in [5.41, 5.74) is 3.36. The quantitative estimate of drug-likeness (QED) is 0.838. The average Bonchev–Trinajstić information content (AvgIpc) is 2.68. The smallest absolute Gasteiger partial charge is 0.115 e. The topological polar surface area (TPSA) is 20.2 Å². The zero-order chi connectivity index (χ0) is 13.4. The Bertz CT molecular complexity index is 586. The van der Waals surface area contributed by atoms with Gasteiger partial charge in [-0.3, -0.25) is 0 Å². The second-order valence-electron chi connectivity index (χ2n) is 5.26. The minimum absolute atomic E-state index is 0.594. The SMILES string of the molecule is Cc1csc(C(O)c2ccccc2C2CCC2)c1Cl. The summed E-state index contributed by atoms with van der Waals surface area (Å²) in [6.45, 7) is 1.98. The maximum Gasteiger partial charge on any atom is 0.115 e. The van der Waals surface area contributed by atoms with E-state index in [9.17, 15) is 5.11 Å². The molecule has 3 heteroatoms. The highest BCUT2D eigenvalue weighted by Crippen LogP contribution is 2.42. The molecule has 1 aromatic heterocycles. The summed E-state index contributed by atoms with van der Waals surface area (Å²) in [7, 11) is 0. The number of halogens is 1. The highest BCUT2D eigenvalue weighted by Gasteiger charge is 2.26. The Morgan fingerprint density at radius 1 is 1.32 bits per heavy atom. The van der Waals surface area contributed by atoms with Crippen molar-refractivity contribution < 1.29 is 5.11 Å². The molecule has 0 radical (unpaired) electrons. The highest BCUT2D eigenvalue weighted by molar-refractivity contribution is 7.10. The first-order chi connectivity index (χ1) is 9.18. The number of aryl methyl sites for hydroxylation is 1. The first-order valence-electron chi connectivity index (χ1n) is 6.69. The van der Waals surface area contributed by atoms with Crippen molar-refractivity contribution in [1.29, 1.82) is 0 Å². The number of rotatable bonds is 3. The van der Waals surface area contributed by atoms with E-state index in [4.69, 9.17) is 11.6 Å². The molecule has 0 spiro atoms. The van der Waals surface area contributed by atoms with Crippen LogP contribution in [0.4, 0.5) is 0 Å². The van der Waals surface area contributed by atoms with E-state index in [1.54, 1.807) is 11.3 Å². The predicted octanol–water partition coefficient (Wildman–Crippen LogP) is 5.06. The third kappa shape index (κ3) is 2.33. The van der Waals surface area contributed by atoms with Crippen LogP contribution in [0.5, 0.6) is 0 Å². The fourth-order valence-corrected chi connectivity index (χ4v) is 3.92. The van der Waals surface area contributed by atoms with Crippen LogP contribution in [0.2, 0.25) is 5.02 Å². The maximum atomic E-state index is 10.7. The van der Waals surface area contributed by atoms with Crippen LogP contribution >= 0.6 is 22.9 Å². The van der Waals surface area contributed by atoms with Crippen molar-refractivity contribution in [1.82, 2.24) is 0 Å². The van der Waals surface area contributed by atoms with E-state index < -0.39 is 6.10 Å². The highest BCUT2D eigenvalue weighted by atomic mass is 35.5. The number of hydrogen-bond donors (Lipinski definition) is 1. The lowest BCUT2D eigenvalue weighted by atomic mass is 9.77. The second kappa shape index (κ2) is 5.28. The Morgan fingerprint density at radius 3 is 2.63 bits per heavy atom. The lowest BCUT2D eigenvalue weighted by molar-refractivity contribution is 0.221. The third-order valence-corrected chi connectivity index (χ3v) is 5.78. The summed E-state index contributed by atoms with van der Waals surface area (Å²) in [5.74, 6) is 0.616. The van der Waals surface area contributed by atoms with Gasteiger partial charge in [-0.1, -0.05) is 42.3 Å². The summed E-state index contributed by atoms with van der Waals surface area (Å²) in [6.07, 6.45) is 3.18. The van der Waals surface area contributed by atoms with Gasteiger partial charge in [0.15, 0.2) is 0 Å². The minimum Gasteiger partial charge on any atom is -0.383 e. The molecule has 1 nitrogen and oxygen atoms in total.